The van der Waals surface area contributed by atoms with E-state index in [1.54, 1.807) is 6.92 Å². The first-order valence-corrected chi connectivity index (χ1v) is 5.57. The maximum Gasteiger partial charge on any atom is 0.358 e. The first-order chi connectivity index (χ1) is 9.45. The number of halogens is 1. The molecule has 0 amide bonds. The monoisotopic (exact) mass is 280 g/mol. The lowest BCUT2D eigenvalue weighted by Gasteiger charge is -2.05. The topological polar surface area (TPSA) is 111 Å². The van der Waals surface area contributed by atoms with Crippen molar-refractivity contribution in [3.05, 3.63) is 45.5 Å². The summed E-state index contributed by atoms with van der Waals surface area (Å²) in [5.41, 5.74) is -0.631. The number of nitrogens with zero attached hydrogens (tertiary/aromatic N) is 4. The lowest BCUT2D eigenvalue weighted by molar-refractivity contribution is -0.384. The Bertz CT molecular complexity index is 698. The third kappa shape index (κ3) is 2.20. The Hall–Kier alpha value is -2.84. The molecule has 8 nitrogen and oxygen atoms in total. The van der Waals surface area contributed by atoms with E-state index in [4.69, 9.17) is 5.11 Å². The molecule has 0 unspecified atom stereocenters. The number of rotatable bonds is 4. The molecule has 2 aromatic rings. The minimum atomic E-state index is -1.28. The molecular weight excluding hydrogens is 271 g/mol. The van der Waals surface area contributed by atoms with E-state index in [-0.39, 0.29) is 23.5 Å². The van der Waals surface area contributed by atoms with Crippen LogP contribution in [0.25, 0.3) is 5.69 Å². The minimum Gasteiger partial charge on any atom is -0.476 e. The third-order valence-electron chi connectivity index (χ3n) is 2.66. The van der Waals surface area contributed by atoms with Gasteiger partial charge >= 0.3 is 5.97 Å². The Morgan fingerprint density at radius 3 is 2.80 bits per heavy atom. The van der Waals surface area contributed by atoms with Crippen molar-refractivity contribution in [1.82, 2.24) is 15.0 Å². The maximum atomic E-state index is 13.1. The summed E-state index contributed by atoms with van der Waals surface area (Å²) in [5, 5.41) is 27.0. The van der Waals surface area contributed by atoms with E-state index in [0.29, 0.717) is 0 Å². The van der Waals surface area contributed by atoms with Crippen molar-refractivity contribution in [3.63, 3.8) is 0 Å². The molecule has 9 heteroatoms. The molecule has 0 fully saturated rings. The number of carboxylic acid groups (broad SMARTS) is 1. The van der Waals surface area contributed by atoms with Crippen LogP contribution in [-0.2, 0) is 6.42 Å². The van der Waals surface area contributed by atoms with Gasteiger partial charge in [0.15, 0.2) is 5.69 Å². The van der Waals surface area contributed by atoms with Crippen molar-refractivity contribution in [1.29, 1.82) is 0 Å². The largest absolute Gasteiger partial charge is 0.476 e. The van der Waals surface area contributed by atoms with Crippen molar-refractivity contribution >= 4 is 11.7 Å². The standard InChI is InChI=1S/C11H9FN4O4/c1-2-7-10(11(17)18)13-14-15(7)8-4-3-6(12)5-9(8)16(19)20/h3-5H,2H2,1H3,(H,17,18). The first-order valence-electron chi connectivity index (χ1n) is 5.57. The number of hydrogen-bond acceptors (Lipinski definition) is 5. The molecule has 2 rings (SSSR count). The number of hydrogen-bond donors (Lipinski definition) is 1. The van der Waals surface area contributed by atoms with Gasteiger partial charge in [-0.2, -0.15) is 0 Å². The molecule has 0 bridgehead atoms. The van der Waals surface area contributed by atoms with Gasteiger partial charge in [-0.25, -0.2) is 13.9 Å². The van der Waals surface area contributed by atoms with Crippen LogP contribution in [0.5, 0.6) is 0 Å². The SMILES string of the molecule is CCc1c(C(=O)O)nnn1-c1ccc(F)cc1[N+](=O)[O-]. The van der Waals surface area contributed by atoms with E-state index >= 15 is 0 Å². The second-order valence-corrected chi connectivity index (χ2v) is 3.85. The molecule has 0 aliphatic rings. The lowest BCUT2D eigenvalue weighted by Crippen LogP contribution is -2.08. The van der Waals surface area contributed by atoms with Gasteiger partial charge in [-0.3, -0.25) is 10.1 Å². The first kappa shape index (κ1) is 13.6. The zero-order valence-corrected chi connectivity index (χ0v) is 10.3. The van der Waals surface area contributed by atoms with Crippen molar-refractivity contribution in [2.75, 3.05) is 0 Å². The minimum absolute atomic E-state index is 0.0340. The van der Waals surface area contributed by atoms with Crippen LogP contribution >= 0.6 is 0 Å². The molecule has 0 spiro atoms. The number of nitro benzene ring substituents is 1. The molecule has 0 aliphatic heterocycles. The van der Waals surface area contributed by atoms with Crippen LogP contribution in [0.1, 0.15) is 23.1 Å². The Balaban J connectivity index is 2.69. The highest BCUT2D eigenvalue weighted by atomic mass is 19.1. The Morgan fingerprint density at radius 1 is 1.55 bits per heavy atom. The summed E-state index contributed by atoms with van der Waals surface area (Å²) in [4.78, 5) is 21.2. The van der Waals surface area contributed by atoms with Gasteiger partial charge in [0.25, 0.3) is 5.69 Å². The summed E-state index contributed by atoms with van der Waals surface area (Å²) in [6.07, 6.45) is 0.253. The molecule has 0 saturated carbocycles. The molecule has 0 radical (unpaired) electrons. The molecule has 1 aromatic carbocycles. The summed E-state index contributed by atoms with van der Waals surface area (Å²) in [6.45, 7) is 1.66. The van der Waals surface area contributed by atoms with Gasteiger partial charge in [0.05, 0.1) is 16.7 Å². The van der Waals surface area contributed by atoms with Gasteiger partial charge in [0.2, 0.25) is 0 Å². The van der Waals surface area contributed by atoms with Gasteiger partial charge in [0.1, 0.15) is 11.5 Å². The lowest BCUT2D eigenvalue weighted by atomic mass is 10.2. The van der Waals surface area contributed by atoms with E-state index in [1.807, 2.05) is 0 Å². The molecule has 0 aliphatic carbocycles. The maximum absolute atomic E-state index is 13.1. The molecular formula is C11H9FN4O4. The number of aromatic nitrogens is 3. The fourth-order valence-corrected chi connectivity index (χ4v) is 1.80. The van der Waals surface area contributed by atoms with Crippen LogP contribution in [0.15, 0.2) is 18.2 Å². The van der Waals surface area contributed by atoms with E-state index in [1.165, 1.54) is 0 Å². The van der Waals surface area contributed by atoms with E-state index < -0.39 is 22.4 Å². The van der Waals surface area contributed by atoms with Crippen LogP contribution in [0.3, 0.4) is 0 Å². The Labute approximate surface area is 111 Å². The Kier molecular flexibility index (Phi) is 3.42. The van der Waals surface area contributed by atoms with Crippen LogP contribution in [0.4, 0.5) is 10.1 Å². The van der Waals surface area contributed by atoms with Crippen LogP contribution in [-0.4, -0.2) is 31.0 Å². The fourth-order valence-electron chi connectivity index (χ4n) is 1.80. The van der Waals surface area contributed by atoms with Gasteiger partial charge in [-0.05, 0) is 18.6 Å². The van der Waals surface area contributed by atoms with Gasteiger partial charge in [-0.1, -0.05) is 12.1 Å². The van der Waals surface area contributed by atoms with E-state index in [2.05, 4.69) is 10.3 Å². The summed E-state index contributed by atoms with van der Waals surface area (Å²) in [6, 6.07) is 2.94. The average Bonchev–Trinajstić information content (AvgIpc) is 2.82. The van der Waals surface area contributed by atoms with Gasteiger partial charge in [0, 0.05) is 0 Å². The molecule has 104 valence electrons. The summed E-state index contributed by atoms with van der Waals surface area (Å²) < 4.78 is 14.1. The van der Waals surface area contributed by atoms with E-state index in [9.17, 15) is 19.3 Å². The summed E-state index contributed by atoms with van der Waals surface area (Å²) >= 11 is 0. The number of carbonyl (C=O) groups is 1. The summed E-state index contributed by atoms with van der Waals surface area (Å²) in [5.74, 6) is -2.05. The highest BCUT2D eigenvalue weighted by Gasteiger charge is 2.24. The predicted molar refractivity (Wildman–Crippen MR) is 64.3 cm³/mol. The Morgan fingerprint density at radius 2 is 2.25 bits per heavy atom. The van der Waals surface area contributed by atoms with Crippen molar-refractivity contribution in [2.45, 2.75) is 13.3 Å². The third-order valence-corrected chi connectivity index (χ3v) is 2.66. The van der Waals surface area contributed by atoms with Crippen LogP contribution < -0.4 is 0 Å². The highest BCUT2D eigenvalue weighted by molar-refractivity contribution is 5.86. The van der Waals surface area contributed by atoms with Crippen LogP contribution in [0, 0.1) is 15.9 Å². The average molecular weight is 280 g/mol. The molecule has 0 atom stereocenters. The fraction of sp³-hybridized carbons (Fsp3) is 0.182. The normalized spacial score (nSPS) is 10.5. The van der Waals surface area contributed by atoms with Crippen molar-refractivity contribution in [2.24, 2.45) is 0 Å². The van der Waals surface area contributed by atoms with Gasteiger partial charge in [-0.15, -0.1) is 5.10 Å². The molecule has 1 aromatic heterocycles. The van der Waals surface area contributed by atoms with Gasteiger partial charge < -0.3 is 5.11 Å². The number of aromatic carboxylic acids is 1. The second-order valence-electron chi connectivity index (χ2n) is 3.85. The molecule has 0 saturated heterocycles. The highest BCUT2D eigenvalue weighted by Crippen LogP contribution is 2.25. The van der Waals surface area contributed by atoms with E-state index in [0.717, 1.165) is 22.9 Å². The summed E-state index contributed by atoms with van der Waals surface area (Å²) in [7, 11) is 0. The molecule has 20 heavy (non-hydrogen) atoms. The number of carboxylic acids is 1. The van der Waals surface area contributed by atoms with Crippen LogP contribution in [0.2, 0.25) is 0 Å². The number of benzene rings is 1. The molecule has 1 heterocycles. The molecule has 1 N–H and O–H groups in total. The zero-order chi connectivity index (χ0) is 14.9. The second kappa shape index (κ2) is 5.03. The predicted octanol–water partition coefficient (Wildman–Crippen LogP) is 1.58. The zero-order valence-electron chi connectivity index (χ0n) is 10.3. The smallest absolute Gasteiger partial charge is 0.358 e. The van der Waals surface area contributed by atoms with Crippen molar-refractivity contribution in [3.8, 4) is 5.69 Å². The number of nitro groups is 1. The van der Waals surface area contributed by atoms with Crippen molar-refractivity contribution < 1.29 is 19.2 Å². The quantitative estimate of drug-likeness (QED) is 0.672.